The third kappa shape index (κ3) is 30.7. The number of hydrogen-bond donors (Lipinski definition) is 1. The van der Waals surface area contributed by atoms with E-state index in [0.717, 1.165) is 19.4 Å². The smallest absolute Gasteiger partial charge is 0.157 e. The zero-order valence-electron chi connectivity index (χ0n) is 25.0. The molecule has 41 heavy (non-hydrogen) atoms. The maximum atomic E-state index is 8.63. The Morgan fingerprint density at radius 3 is 1.02 bits per heavy atom. The van der Waals surface area contributed by atoms with Crippen LogP contribution >= 0.6 is 0 Å². The Labute approximate surface area is 246 Å². The zero-order chi connectivity index (χ0) is 29.2. The van der Waals surface area contributed by atoms with Gasteiger partial charge in [-0.3, -0.25) is 0 Å². The maximum absolute atomic E-state index is 8.63. The largest absolute Gasteiger partial charge is 0.396 e. The first-order valence-corrected chi connectivity index (χ1v) is 15.0. The summed E-state index contributed by atoms with van der Waals surface area (Å²) >= 11 is 0. The highest BCUT2D eigenvalue weighted by Crippen LogP contribution is 2.13. The Bertz CT molecular complexity index is 484. The van der Waals surface area contributed by atoms with E-state index >= 15 is 0 Å². The highest BCUT2D eigenvalue weighted by molar-refractivity contribution is 4.53. The molecule has 0 aromatic carbocycles. The van der Waals surface area contributed by atoms with Crippen LogP contribution in [0.25, 0.3) is 0 Å². The second-order valence-electron chi connectivity index (χ2n) is 8.87. The van der Waals surface area contributed by atoms with Crippen molar-refractivity contribution in [2.75, 3.05) is 152 Å². The van der Waals surface area contributed by atoms with E-state index in [1.807, 2.05) is 0 Å². The summed E-state index contributed by atoms with van der Waals surface area (Å²) in [4.78, 5) is 0. The van der Waals surface area contributed by atoms with Gasteiger partial charge in [-0.25, -0.2) is 0 Å². The minimum absolute atomic E-state index is 0.0648. The Morgan fingerprint density at radius 2 is 0.732 bits per heavy atom. The molecule has 0 amide bonds. The van der Waals surface area contributed by atoms with E-state index in [4.69, 9.17) is 61.9 Å². The minimum atomic E-state index is -0.0648. The molecule has 1 heterocycles. The van der Waals surface area contributed by atoms with Crippen molar-refractivity contribution in [2.45, 2.75) is 32.0 Å². The summed E-state index contributed by atoms with van der Waals surface area (Å²) in [5.74, 6) is 0. The number of aliphatic hydroxyl groups is 1. The van der Waals surface area contributed by atoms with Crippen LogP contribution in [-0.4, -0.2) is 163 Å². The van der Waals surface area contributed by atoms with Gasteiger partial charge in [0.2, 0.25) is 0 Å². The lowest BCUT2D eigenvalue weighted by Gasteiger charge is -2.22. The zero-order valence-corrected chi connectivity index (χ0v) is 25.0. The first-order valence-electron chi connectivity index (χ1n) is 15.0. The van der Waals surface area contributed by atoms with Crippen LogP contribution in [-0.2, 0) is 56.8 Å². The van der Waals surface area contributed by atoms with Crippen molar-refractivity contribution in [1.29, 1.82) is 0 Å². The topological polar surface area (TPSA) is 131 Å². The standard InChI is InChI=1S/C28H56O13/c29-5-3-6-30-8-9-31-10-11-32-12-13-33-14-15-34-16-17-35-18-19-36-20-21-37-22-23-38-24-25-39-26-27-41-28-4-1-2-7-40-28/h28-29H,1-27H2. The summed E-state index contributed by atoms with van der Waals surface area (Å²) in [5, 5.41) is 8.63. The van der Waals surface area contributed by atoms with Gasteiger partial charge in [0, 0.05) is 19.8 Å². The predicted octanol–water partition coefficient (Wildman–Crippen LogP) is 1.08. The Balaban J connectivity index is 1.60. The fraction of sp³-hybridized carbons (Fsp3) is 1.00. The molecule has 1 rings (SSSR count). The third-order valence-electron chi connectivity index (χ3n) is 5.46. The molecule has 1 unspecified atom stereocenters. The monoisotopic (exact) mass is 600 g/mol. The average Bonchev–Trinajstić information content (AvgIpc) is 3.00. The molecule has 1 atom stereocenters. The van der Waals surface area contributed by atoms with E-state index < -0.39 is 0 Å². The molecule has 1 aliphatic heterocycles. The summed E-state index contributed by atoms with van der Waals surface area (Å²) in [5.41, 5.74) is 0. The quantitative estimate of drug-likeness (QED) is 0.106. The molecule has 246 valence electrons. The van der Waals surface area contributed by atoms with Crippen LogP contribution in [0.5, 0.6) is 0 Å². The van der Waals surface area contributed by atoms with Gasteiger partial charge < -0.3 is 61.9 Å². The number of hydrogen-bond acceptors (Lipinski definition) is 13. The Kier molecular flexibility index (Phi) is 31.9. The Morgan fingerprint density at radius 1 is 0.415 bits per heavy atom. The van der Waals surface area contributed by atoms with Gasteiger partial charge in [0.25, 0.3) is 0 Å². The molecule has 0 bridgehead atoms. The van der Waals surface area contributed by atoms with Crippen molar-refractivity contribution in [3.63, 3.8) is 0 Å². The lowest BCUT2D eigenvalue weighted by molar-refractivity contribution is -0.169. The van der Waals surface area contributed by atoms with Crippen LogP contribution in [0.2, 0.25) is 0 Å². The highest BCUT2D eigenvalue weighted by atomic mass is 16.7. The normalized spacial score (nSPS) is 15.6. The number of aliphatic hydroxyl groups excluding tert-OH is 1. The SMILES string of the molecule is OCCCOCCOCCOCCOCCOCCOCCOCCOCCOCCOCCOC1CCCCO1. The molecule has 1 fully saturated rings. The van der Waals surface area contributed by atoms with E-state index in [1.165, 1.54) is 6.42 Å². The molecule has 13 nitrogen and oxygen atoms in total. The van der Waals surface area contributed by atoms with Gasteiger partial charge in [-0.2, -0.15) is 0 Å². The van der Waals surface area contributed by atoms with Gasteiger partial charge in [0.15, 0.2) is 6.29 Å². The molecule has 0 saturated carbocycles. The summed E-state index contributed by atoms with van der Waals surface area (Å²) < 4.78 is 65.4. The second kappa shape index (κ2) is 34.0. The fourth-order valence-electron chi connectivity index (χ4n) is 3.33. The first-order chi connectivity index (χ1) is 20.4. The summed E-state index contributed by atoms with van der Waals surface area (Å²) in [6, 6.07) is 0. The summed E-state index contributed by atoms with van der Waals surface area (Å²) in [6.45, 7) is 11.9. The van der Waals surface area contributed by atoms with Gasteiger partial charge in [-0.1, -0.05) is 0 Å². The predicted molar refractivity (Wildman–Crippen MR) is 149 cm³/mol. The van der Waals surface area contributed by atoms with Crippen molar-refractivity contribution in [3.05, 3.63) is 0 Å². The highest BCUT2D eigenvalue weighted by Gasteiger charge is 2.13. The van der Waals surface area contributed by atoms with E-state index in [1.54, 1.807) is 0 Å². The van der Waals surface area contributed by atoms with Crippen molar-refractivity contribution in [1.82, 2.24) is 0 Å². The summed E-state index contributed by atoms with van der Waals surface area (Å²) in [7, 11) is 0. The van der Waals surface area contributed by atoms with Gasteiger partial charge in [0.1, 0.15) is 0 Å². The van der Waals surface area contributed by atoms with Gasteiger partial charge in [-0.15, -0.1) is 0 Å². The van der Waals surface area contributed by atoms with E-state index in [2.05, 4.69) is 0 Å². The Hall–Kier alpha value is -0.520. The molecule has 0 aromatic rings. The average molecular weight is 601 g/mol. The molecule has 0 spiro atoms. The van der Waals surface area contributed by atoms with Crippen LogP contribution < -0.4 is 0 Å². The number of ether oxygens (including phenoxy) is 12. The van der Waals surface area contributed by atoms with Gasteiger partial charge in [-0.05, 0) is 25.7 Å². The van der Waals surface area contributed by atoms with Crippen LogP contribution in [0, 0.1) is 0 Å². The first kappa shape index (κ1) is 38.5. The molecule has 1 N–H and O–H groups in total. The molecule has 13 heteroatoms. The van der Waals surface area contributed by atoms with Crippen LogP contribution in [0.3, 0.4) is 0 Å². The number of rotatable bonds is 34. The van der Waals surface area contributed by atoms with Crippen molar-refractivity contribution < 1.29 is 61.9 Å². The third-order valence-corrected chi connectivity index (χ3v) is 5.46. The van der Waals surface area contributed by atoms with Crippen molar-refractivity contribution in [3.8, 4) is 0 Å². The van der Waals surface area contributed by atoms with E-state index in [-0.39, 0.29) is 12.9 Å². The molecule has 0 aliphatic carbocycles. The minimum Gasteiger partial charge on any atom is -0.396 e. The maximum Gasteiger partial charge on any atom is 0.157 e. The van der Waals surface area contributed by atoms with Crippen LogP contribution in [0.15, 0.2) is 0 Å². The molecule has 0 aromatic heterocycles. The lowest BCUT2D eigenvalue weighted by Crippen LogP contribution is -2.24. The second-order valence-corrected chi connectivity index (χ2v) is 8.87. The van der Waals surface area contributed by atoms with Gasteiger partial charge in [0.05, 0.1) is 132 Å². The van der Waals surface area contributed by atoms with Crippen LogP contribution in [0.1, 0.15) is 25.7 Å². The summed E-state index contributed by atoms with van der Waals surface area (Å²) in [6.07, 6.45) is 3.85. The van der Waals surface area contributed by atoms with Gasteiger partial charge >= 0.3 is 0 Å². The molecule has 1 saturated heterocycles. The lowest BCUT2D eigenvalue weighted by atomic mass is 10.2. The molecular weight excluding hydrogens is 544 g/mol. The molecule has 0 radical (unpaired) electrons. The van der Waals surface area contributed by atoms with E-state index in [0.29, 0.717) is 145 Å². The molecular formula is C28H56O13. The van der Waals surface area contributed by atoms with Crippen molar-refractivity contribution in [2.24, 2.45) is 0 Å². The van der Waals surface area contributed by atoms with Crippen molar-refractivity contribution >= 4 is 0 Å². The fourth-order valence-corrected chi connectivity index (χ4v) is 3.33. The van der Waals surface area contributed by atoms with E-state index in [9.17, 15) is 0 Å². The van der Waals surface area contributed by atoms with Crippen LogP contribution in [0.4, 0.5) is 0 Å². The molecule has 1 aliphatic rings.